The Morgan fingerprint density at radius 3 is 1.53 bits per heavy atom. The molecule has 2 fully saturated rings. The number of hydrogen-bond donors (Lipinski definition) is 0. The summed E-state index contributed by atoms with van der Waals surface area (Å²) < 4.78 is 13.0. The molecule has 2 bridgehead atoms. The molecule has 0 aromatic heterocycles. The van der Waals surface area contributed by atoms with Gasteiger partial charge in [-0.3, -0.25) is 4.21 Å². The van der Waals surface area contributed by atoms with Crippen LogP contribution in [0.4, 0.5) is 0 Å². The highest BCUT2D eigenvalue weighted by Gasteiger charge is 2.61. The van der Waals surface area contributed by atoms with Gasteiger partial charge in [0.05, 0.1) is 10.5 Å². The molecule has 0 aromatic carbocycles. The highest BCUT2D eigenvalue weighted by atomic mass is 32.2. The van der Waals surface area contributed by atoms with Crippen LogP contribution in [0.15, 0.2) is 11.1 Å². The van der Waals surface area contributed by atoms with E-state index in [0.29, 0.717) is 10.5 Å². The second-order valence-corrected chi connectivity index (χ2v) is 10.4. The highest BCUT2D eigenvalue weighted by Crippen LogP contribution is 2.61. The molecule has 19 heavy (non-hydrogen) atoms. The van der Waals surface area contributed by atoms with Crippen molar-refractivity contribution in [1.82, 2.24) is 0 Å². The first-order chi connectivity index (χ1) is 8.64. The molecule has 0 amide bonds. The summed E-state index contributed by atoms with van der Waals surface area (Å²) in [5, 5.41) is 0.762. The van der Waals surface area contributed by atoms with Crippen LogP contribution in [0.3, 0.4) is 0 Å². The van der Waals surface area contributed by atoms with Crippen molar-refractivity contribution >= 4 is 10.8 Å². The second-order valence-electron chi connectivity index (χ2n) is 8.76. The molecular formula is C17H28OS. The van der Waals surface area contributed by atoms with E-state index in [1.165, 1.54) is 19.3 Å². The molecule has 5 atom stereocenters. The molecule has 1 saturated carbocycles. The molecule has 2 heterocycles. The van der Waals surface area contributed by atoms with Gasteiger partial charge >= 0.3 is 0 Å². The standard InChI is InChI=1S/C17H28OS/c1-16(2,3)12-13(17(4,5)6)15-11-9-7-8-10(11)14(12)19(15)18/h10-11,14-15H,7-9H2,1-6H3/t10-,11+,14+,15-,19?. The van der Waals surface area contributed by atoms with Crippen LogP contribution in [0.1, 0.15) is 60.8 Å². The quantitative estimate of drug-likeness (QED) is 0.604. The summed E-state index contributed by atoms with van der Waals surface area (Å²) in [7, 11) is -0.637. The van der Waals surface area contributed by atoms with Crippen molar-refractivity contribution in [3.8, 4) is 0 Å². The van der Waals surface area contributed by atoms with Crippen molar-refractivity contribution in [1.29, 1.82) is 0 Å². The van der Waals surface area contributed by atoms with Crippen molar-refractivity contribution in [2.75, 3.05) is 0 Å². The molecule has 2 aliphatic heterocycles. The summed E-state index contributed by atoms with van der Waals surface area (Å²) in [6.45, 7) is 13.9. The number of rotatable bonds is 0. The maximum atomic E-state index is 13.0. The van der Waals surface area contributed by atoms with E-state index in [2.05, 4.69) is 41.5 Å². The zero-order chi connectivity index (χ0) is 14.2. The van der Waals surface area contributed by atoms with E-state index in [4.69, 9.17) is 0 Å². The minimum Gasteiger partial charge on any atom is -0.258 e. The Hall–Kier alpha value is -0.110. The molecule has 108 valence electrons. The maximum Gasteiger partial charge on any atom is 0.0602 e. The third kappa shape index (κ3) is 1.81. The van der Waals surface area contributed by atoms with Gasteiger partial charge in [0.15, 0.2) is 0 Å². The van der Waals surface area contributed by atoms with Crippen molar-refractivity contribution in [3.05, 3.63) is 11.1 Å². The Bertz CT molecular complexity index is 421. The molecule has 0 N–H and O–H groups in total. The smallest absolute Gasteiger partial charge is 0.0602 e. The van der Waals surface area contributed by atoms with E-state index in [-0.39, 0.29) is 10.8 Å². The lowest BCUT2D eigenvalue weighted by Crippen LogP contribution is -2.35. The molecule has 1 saturated heterocycles. The first-order valence-electron chi connectivity index (χ1n) is 7.78. The van der Waals surface area contributed by atoms with Crippen LogP contribution >= 0.6 is 0 Å². The number of hydrogen-bond acceptors (Lipinski definition) is 1. The normalized spacial score (nSPS) is 42.1. The van der Waals surface area contributed by atoms with Gasteiger partial charge in [0, 0.05) is 10.8 Å². The van der Waals surface area contributed by atoms with Crippen LogP contribution in [0.25, 0.3) is 0 Å². The monoisotopic (exact) mass is 280 g/mol. The van der Waals surface area contributed by atoms with Gasteiger partial charge in [-0.05, 0) is 46.7 Å². The fraction of sp³-hybridized carbons (Fsp3) is 0.882. The van der Waals surface area contributed by atoms with Gasteiger partial charge in [-0.1, -0.05) is 48.0 Å². The molecule has 2 heteroatoms. The highest BCUT2D eigenvalue weighted by molar-refractivity contribution is 7.87. The average Bonchev–Trinajstić information content (AvgIpc) is 2.84. The summed E-state index contributed by atoms with van der Waals surface area (Å²) in [5.41, 5.74) is 3.47. The van der Waals surface area contributed by atoms with Crippen molar-refractivity contribution < 1.29 is 4.21 Å². The molecule has 0 radical (unpaired) electrons. The van der Waals surface area contributed by atoms with E-state index < -0.39 is 10.8 Å². The minimum atomic E-state index is -0.637. The molecule has 1 aliphatic carbocycles. The Morgan fingerprint density at radius 1 is 0.842 bits per heavy atom. The second kappa shape index (κ2) is 3.96. The predicted molar refractivity (Wildman–Crippen MR) is 82.5 cm³/mol. The van der Waals surface area contributed by atoms with Gasteiger partial charge < -0.3 is 0 Å². The lowest BCUT2D eigenvalue weighted by molar-refractivity contribution is 0.321. The van der Waals surface area contributed by atoms with Crippen LogP contribution in [0.5, 0.6) is 0 Å². The molecule has 0 spiro atoms. The van der Waals surface area contributed by atoms with Crippen LogP contribution in [0.2, 0.25) is 0 Å². The van der Waals surface area contributed by atoms with E-state index in [0.717, 1.165) is 11.8 Å². The summed E-state index contributed by atoms with van der Waals surface area (Å²) in [4.78, 5) is 0. The first kappa shape index (κ1) is 13.9. The van der Waals surface area contributed by atoms with E-state index >= 15 is 0 Å². The molecule has 3 aliphatic rings. The molecule has 1 unspecified atom stereocenters. The largest absolute Gasteiger partial charge is 0.258 e. The zero-order valence-corrected chi connectivity index (χ0v) is 14.1. The fourth-order valence-corrected chi connectivity index (χ4v) is 8.01. The lowest BCUT2D eigenvalue weighted by Gasteiger charge is -2.39. The summed E-state index contributed by atoms with van der Waals surface area (Å²) in [5.74, 6) is 1.46. The Kier molecular flexibility index (Phi) is 2.89. The van der Waals surface area contributed by atoms with Gasteiger partial charge in [-0.15, -0.1) is 0 Å². The van der Waals surface area contributed by atoms with Crippen LogP contribution in [-0.2, 0) is 10.8 Å². The fourth-order valence-electron chi connectivity index (χ4n) is 4.90. The summed E-state index contributed by atoms with van der Waals surface area (Å²) >= 11 is 0. The van der Waals surface area contributed by atoms with Crippen LogP contribution in [0, 0.1) is 22.7 Å². The summed E-state index contributed by atoms with van der Waals surface area (Å²) in [6, 6.07) is 0. The van der Waals surface area contributed by atoms with Gasteiger partial charge in [0.25, 0.3) is 0 Å². The Labute approximate surface area is 120 Å². The van der Waals surface area contributed by atoms with Gasteiger partial charge in [0.1, 0.15) is 0 Å². The third-order valence-corrected chi connectivity index (χ3v) is 7.55. The number of fused-ring (bicyclic) bond motifs is 5. The Balaban J connectivity index is 2.18. The summed E-state index contributed by atoms with van der Waals surface area (Å²) in [6.07, 6.45) is 3.98. The SMILES string of the molecule is CC(C)(C)C1=C(C(C)(C)C)[C@H]2[C@H]3CCC[C@H]3[C@@H]1S2=O. The first-order valence-corrected chi connectivity index (χ1v) is 9.06. The predicted octanol–water partition coefficient (Wildman–Crippen LogP) is 4.30. The molecule has 0 aromatic rings. The van der Waals surface area contributed by atoms with Gasteiger partial charge in [-0.25, -0.2) is 0 Å². The molecular weight excluding hydrogens is 252 g/mol. The van der Waals surface area contributed by atoms with Crippen molar-refractivity contribution in [2.45, 2.75) is 71.3 Å². The van der Waals surface area contributed by atoms with E-state index in [1.54, 1.807) is 11.1 Å². The minimum absolute atomic E-state index is 0.172. The van der Waals surface area contributed by atoms with Crippen LogP contribution in [-0.4, -0.2) is 14.7 Å². The van der Waals surface area contributed by atoms with Gasteiger partial charge in [-0.2, -0.15) is 0 Å². The Morgan fingerprint density at radius 2 is 1.21 bits per heavy atom. The van der Waals surface area contributed by atoms with E-state index in [9.17, 15) is 4.21 Å². The zero-order valence-electron chi connectivity index (χ0n) is 13.2. The van der Waals surface area contributed by atoms with Crippen LogP contribution < -0.4 is 0 Å². The van der Waals surface area contributed by atoms with E-state index in [1.807, 2.05) is 0 Å². The maximum absolute atomic E-state index is 13.0. The average molecular weight is 280 g/mol. The van der Waals surface area contributed by atoms with Crippen molar-refractivity contribution in [3.63, 3.8) is 0 Å². The van der Waals surface area contributed by atoms with Crippen molar-refractivity contribution in [2.24, 2.45) is 22.7 Å². The molecule has 1 nitrogen and oxygen atoms in total. The molecule has 3 rings (SSSR count). The lowest BCUT2D eigenvalue weighted by atomic mass is 9.64. The third-order valence-electron chi connectivity index (χ3n) is 5.38. The topological polar surface area (TPSA) is 17.1 Å². The van der Waals surface area contributed by atoms with Gasteiger partial charge in [0.2, 0.25) is 0 Å².